The van der Waals surface area contributed by atoms with E-state index in [1.54, 1.807) is 7.05 Å². The Balaban J connectivity index is 1.43. The summed E-state index contributed by atoms with van der Waals surface area (Å²) in [6, 6.07) is 16.2. The van der Waals surface area contributed by atoms with E-state index in [-0.39, 0.29) is 17.9 Å². The highest BCUT2D eigenvalue weighted by molar-refractivity contribution is 5.79. The maximum atomic E-state index is 11.5. The molecule has 1 amide bonds. The third-order valence-corrected chi connectivity index (χ3v) is 4.60. The largest absolute Gasteiger partial charge is 0.491 e. The molecule has 0 aliphatic carbocycles. The van der Waals surface area contributed by atoms with Gasteiger partial charge in [0.25, 0.3) is 0 Å². The molecular formula is C22H28N2O3. The Hall–Kier alpha value is -2.53. The number of ether oxygens (including phenoxy) is 2. The number of carbonyl (C=O) groups is 1. The molecule has 144 valence electrons. The van der Waals surface area contributed by atoms with Crippen LogP contribution < -0.4 is 14.8 Å². The molecule has 1 heterocycles. The first-order valence-corrected chi connectivity index (χ1v) is 9.45. The maximum Gasteiger partial charge on any atom is 0.225 e. The molecule has 3 rings (SSSR count). The minimum absolute atomic E-state index is 0.134. The average Bonchev–Trinajstić information content (AvgIpc) is 2.63. The first-order chi connectivity index (χ1) is 13.0. The second-order valence-electron chi connectivity index (χ2n) is 7.25. The van der Waals surface area contributed by atoms with Crippen LogP contribution >= 0.6 is 0 Å². The van der Waals surface area contributed by atoms with Crippen LogP contribution in [0.5, 0.6) is 11.5 Å². The predicted octanol–water partition coefficient (Wildman–Crippen LogP) is 3.23. The van der Waals surface area contributed by atoms with Crippen LogP contribution in [-0.4, -0.2) is 37.0 Å². The fourth-order valence-electron chi connectivity index (χ4n) is 3.12. The molecule has 5 nitrogen and oxygen atoms in total. The number of rotatable bonds is 8. The summed E-state index contributed by atoms with van der Waals surface area (Å²) in [6.45, 7) is 7.08. The summed E-state index contributed by atoms with van der Waals surface area (Å²) in [7, 11) is 1.69. The third-order valence-electron chi connectivity index (χ3n) is 4.60. The first-order valence-electron chi connectivity index (χ1n) is 9.45. The topological polar surface area (TPSA) is 50.8 Å². The van der Waals surface area contributed by atoms with E-state index in [1.165, 1.54) is 5.56 Å². The van der Waals surface area contributed by atoms with Crippen molar-refractivity contribution >= 4 is 5.91 Å². The average molecular weight is 368 g/mol. The fraction of sp³-hybridized carbons (Fsp3) is 0.409. The Morgan fingerprint density at radius 2 is 1.63 bits per heavy atom. The summed E-state index contributed by atoms with van der Waals surface area (Å²) in [6.07, 6.45) is 0.177. The molecule has 0 bridgehead atoms. The fourth-order valence-corrected chi connectivity index (χ4v) is 3.12. The number of nitrogens with zero attached hydrogens (tertiary/aromatic N) is 1. The molecule has 2 aromatic rings. The van der Waals surface area contributed by atoms with Crippen LogP contribution in [0, 0.1) is 5.92 Å². The highest BCUT2D eigenvalue weighted by atomic mass is 16.5. The van der Waals surface area contributed by atoms with Crippen LogP contribution in [0.2, 0.25) is 0 Å². The lowest BCUT2D eigenvalue weighted by atomic mass is 9.98. The first kappa shape index (κ1) is 19.2. The van der Waals surface area contributed by atoms with Crippen molar-refractivity contribution in [3.05, 3.63) is 59.7 Å². The van der Waals surface area contributed by atoms with E-state index >= 15 is 0 Å². The third kappa shape index (κ3) is 5.47. The van der Waals surface area contributed by atoms with Crippen molar-refractivity contribution < 1.29 is 14.3 Å². The Labute approximate surface area is 161 Å². The van der Waals surface area contributed by atoms with Crippen LogP contribution in [0.3, 0.4) is 0 Å². The van der Waals surface area contributed by atoms with Crippen molar-refractivity contribution in [2.45, 2.75) is 33.1 Å². The number of hydrogen-bond acceptors (Lipinski definition) is 4. The molecule has 1 aliphatic heterocycles. The van der Waals surface area contributed by atoms with Gasteiger partial charge < -0.3 is 14.8 Å². The minimum atomic E-state index is 0.134. The van der Waals surface area contributed by atoms with E-state index in [0.29, 0.717) is 6.61 Å². The lowest BCUT2D eigenvalue weighted by molar-refractivity contribution is -0.129. The maximum absolute atomic E-state index is 11.5. The Bertz CT molecular complexity index is 735. The predicted molar refractivity (Wildman–Crippen MR) is 106 cm³/mol. The quantitative estimate of drug-likeness (QED) is 0.777. The second-order valence-corrected chi connectivity index (χ2v) is 7.25. The molecule has 2 aromatic carbocycles. The van der Waals surface area contributed by atoms with Gasteiger partial charge in [0.15, 0.2) is 0 Å². The van der Waals surface area contributed by atoms with Crippen LogP contribution in [0.4, 0.5) is 0 Å². The van der Waals surface area contributed by atoms with Crippen LogP contribution in [0.15, 0.2) is 48.5 Å². The smallest absolute Gasteiger partial charge is 0.225 e. The van der Waals surface area contributed by atoms with Crippen molar-refractivity contribution in [2.24, 2.45) is 5.92 Å². The van der Waals surface area contributed by atoms with E-state index in [4.69, 9.17) is 9.47 Å². The Morgan fingerprint density at radius 3 is 2.22 bits per heavy atom. The Morgan fingerprint density at radius 1 is 1.04 bits per heavy atom. The number of likely N-dealkylation sites (tertiary alicyclic amines) is 1. The zero-order valence-electron chi connectivity index (χ0n) is 16.3. The number of benzene rings is 2. The van der Waals surface area contributed by atoms with Crippen LogP contribution in [0.25, 0.3) is 0 Å². The molecule has 27 heavy (non-hydrogen) atoms. The lowest BCUT2D eigenvalue weighted by Crippen LogP contribution is -2.52. The number of carbonyl (C=O) groups excluding carboxylic acids is 1. The summed E-state index contributed by atoms with van der Waals surface area (Å²) >= 11 is 0. The number of nitrogens with one attached hydrogen (secondary N) is 1. The molecule has 0 spiro atoms. The van der Waals surface area contributed by atoms with Gasteiger partial charge in [-0.25, -0.2) is 0 Å². The van der Waals surface area contributed by atoms with Gasteiger partial charge in [-0.2, -0.15) is 0 Å². The van der Waals surface area contributed by atoms with Crippen molar-refractivity contribution in [1.29, 1.82) is 0 Å². The molecule has 0 saturated carbocycles. The summed E-state index contributed by atoms with van der Waals surface area (Å²) < 4.78 is 11.5. The molecule has 1 fully saturated rings. The van der Waals surface area contributed by atoms with E-state index in [0.717, 1.165) is 36.7 Å². The molecule has 5 heteroatoms. The molecular weight excluding hydrogens is 340 g/mol. The SMILES string of the molecule is CNC(=O)C1CN(Cc2ccc(OCc3ccc(OC(C)C)cc3)cc2)C1. The molecule has 0 aromatic heterocycles. The summed E-state index contributed by atoms with van der Waals surface area (Å²) in [5.74, 6) is 2.00. The molecule has 1 N–H and O–H groups in total. The van der Waals surface area contributed by atoms with Gasteiger partial charge in [-0.3, -0.25) is 9.69 Å². The van der Waals surface area contributed by atoms with Gasteiger partial charge in [-0.05, 0) is 49.2 Å². The zero-order chi connectivity index (χ0) is 19.2. The van der Waals surface area contributed by atoms with E-state index in [9.17, 15) is 4.79 Å². The van der Waals surface area contributed by atoms with Gasteiger partial charge >= 0.3 is 0 Å². The molecule has 1 saturated heterocycles. The van der Waals surface area contributed by atoms with E-state index in [2.05, 4.69) is 22.3 Å². The van der Waals surface area contributed by atoms with Gasteiger partial charge in [-0.1, -0.05) is 24.3 Å². The minimum Gasteiger partial charge on any atom is -0.491 e. The number of amides is 1. The number of hydrogen-bond donors (Lipinski definition) is 1. The van der Waals surface area contributed by atoms with E-state index in [1.807, 2.05) is 50.2 Å². The van der Waals surface area contributed by atoms with Crippen LogP contribution in [0.1, 0.15) is 25.0 Å². The van der Waals surface area contributed by atoms with Gasteiger partial charge in [-0.15, -0.1) is 0 Å². The van der Waals surface area contributed by atoms with Gasteiger partial charge in [0, 0.05) is 26.7 Å². The second kappa shape index (κ2) is 8.91. The molecule has 1 aliphatic rings. The standard InChI is InChI=1S/C22H28N2O3/c1-16(2)27-21-10-6-18(7-11-21)15-26-20-8-4-17(5-9-20)12-24-13-19(14-24)22(25)23-3/h4-11,16,19H,12-15H2,1-3H3,(H,23,25). The normalized spacial score (nSPS) is 14.7. The zero-order valence-corrected chi connectivity index (χ0v) is 16.3. The van der Waals surface area contributed by atoms with Crippen molar-refractivity contribution in [3.63, 3.8) is 0 Å². The summed E-state index contributed by atoms with van der Waals surface area (Å²) in [5, 5.41) is 2.71. The molecule has 0 atom stereocenters. The van der Waals surface area contributed by atoms with Crippen molar-refractivity contribution in [2.75, 3.05) is 20.1 Å². The van der Waals surface area contributed by atoms with Crippen molar-refractivity contribution in [1.82, 2.24) is 10.2 Å². The highest BCUT2D eigenvalue weighted by Gasteiger charge is 2.31. The lowest BCUT2D eigenvalue weighted by Gasteiger charge is -2.38. The summed E-state index contributed by atoms with van der Waals surface area (Å²) in [4.78, 5) is 13.8. The summed E-state index contributed by atoms with van der Waals surface area (Å²) in [5.41, 5.74) is 2.34. The molecule has 0 radical (unpaired) electrons. The van der Waals surface area contributed by atoms with Gasteiger partial charge in [0.1, 0.15) is 18.1 Å². The van der Waals surface area contributed by atoms with Gasteiger partial charge in [0.05, 0.1) is 12.0 Å². The highest BCUT2D eigenvalue weighted by Crippen LogP contribution is 2.21. The van der Waals surface area contributed by atoms with Crippen molar-refractivity contribution in [3.8, 4) is 11.5 Å². The monoisotopic (exact) mass is 368 g/mol. The van der Waals surface area contributed by atoms with Gasteiger partial charge in [0.2, 0.25) is 5.91 Å². The van der Waals surface area contributed by atoms with E-state index < -0.39 is 0 Å². The van der Waals surface area contributed by atoms with Crippen LogP contribution in [-0.2, 0) is 17.9 Å². The Kier molecular flexibility index (Phi) is 6.35. The molecule has 0 unspecified atom stereocenters.